The van der Waals surface area contributed by atoms with Gasteiger partial charge in [-0.15, -0.1) is 0 Å². The topological polar surface area (TPSA) is 29.3 Å². The van der Waals surface area contributed by atoms with Gasteiger partial charge >= 0.3 is 0 Å². The maximum Gasteiger partial charge on any atom is 0.137 e. The lowest BCUT2D eigenvalue weighted by Crippen LogP contribution is -2.22. The summed E-state index contributed by atoms with van der Waals surface area (Å²) in [5, 5.41) is 0. The number of halogens is 1. The number of rotatable bonds is 5. The zero-order chi connectivity index (χ0) is 12.4. The van der Waals surface area contributed by atoms with E-state index in [-0.39, 0.29) is 10.8 Å². The number of hydrogen-bond acceptors (Lipinski definition) is 2. The fourth-order valence-corrected chi connectivity index (χ4v) is 2.15. The molecule has 0 aliphatic heterocycles. The molecule has 0 bridgehead atoms. The Morgan fingerprint density at radius 2 is 2.24 bits per heavy atom. The van der Waals surface area contributed by atoms with Gasteiger partial charge in [-0.1, -0.05) is 24.4 Å². The van der Waals surface area contributed by atoms with Crippen molar-refractivity contribution in [3.05, 3.63) is 35.1 Å². The summed E-state index contributed by atoms with van der Waals surface area (Å²) < 4.78 is 14.0. The maximum atomic E-state index is 14.0. The van der Waals surface area contributed by atoms with Gasteiger partial charge in [-0.05, 0) is 31.9 Å². The predicted molar refractivity (Wildman–Crippen MR) is 71.3 cm³/mol. The van der Waals surface area contributed by atoms with Crippen LogP contribution in [-0.4, -0.2) is 23.5 Å². The lowest BCUT2D eigenvalue weighted by atomic mass is 10.1. The van der Waals surface area contributed by atoms with Crippen molar-refractivity contribution in [2.45, 2.75) is 19.4 Å². The minimum Gasteiger partial charge on any atom is -0.389 e. The number of benzene rings is 1. The summed E-state index contributed by atoms with van der Waals surface area (Å²) in [7, 11) is 2.02. The molecule has 2 N–H and O–H groups in total. The van der Waals surface area contributed by atoms with Crippen LogP contribution < -0.4 is 5.73 Å². The Morgan fingerprint density at radius 3 is 2.82 bits per heavy atom. The van der Waals surface area contributed by atoms with E-state index in [9.17, 15) is 4.39 Å². The number of hydrogen-bond donors (Lipinski definition) is 1. The van der Waals surface area contributed by atoms with E-state index in [1.54, 1.807) is 18.2 Å². The highest BCUT2D eigenvalue weighted by Crippen LogP contribution is 2.29. The molecule has 1 fully saturated rings. The van der Waals surface area contributed by atoms with Gasteiger partial charge in [0.05, 0.1) is 0 Å². The zero-order valence-corrected chi connectivity index (χ0v) is 10.8. The molecule has 4 heteroatoms. The van der Waals surface area contributed by atoms with Crippen LogP contribution in [0.1, 0.15) is 24.0 Å². The quantitative estimate of drug-likeness (QED) is 0.815. The third kappa shape index (κ3) is 3.23. The summed E-state index contributed by atoms with van der Waals surface area (Å²) in [6.45, 7) is 1.65. The van der Waals surface area contributed by atoms with Crippen molar-refractivity contribution < 1.29 is 4.39 Å². The highest BCUT2D eigenvalue weighted by molar-refractivity contribution is 7.80. The number of thiocarbonyl (C=S) groups is 1. The molecule has 1 aromatic carbocycles. The molecule has 1 aliphatic rings. The Labute approximate surface area is 107 Å². The highest BCUT2D eigenvalue weighted by Gasteiger charge is 2.23. The van der Waals surface area contributed by atoms with Crippen LogP contribution in [-0.2, 0) is 6.54 Å². The molecule has 0 radical (unpaired) electrons. The average Bonchev–Trinajstić information content (AvgIpc) is 3.04. The minimum atomic E-state index is -0.275. The van der Waals surface area contributed by atoms with Crippen LogP contribution in [0.25, 0.3) is 0 Å². The molecule has 0 amide bonds. The Balaban J connectivity index is 2.08. The molecule has 1 aromatic rings. The van der Waals surface area contributed by atoms with Crippen LogP contribution in [0.4, 0.5) is 4.39 Å². The van der Waals surface area contributed by atoms with Gasteiger partial charge in [-0.2, -0.15) is 0 Å². The fraction of sp³-hybridized carbons (Fsp3) is 0.462. The highest BCUT2D eigenvalue weighted by atomic mass is 32.1. The van der Waals surface area contributed by atoms with Gasteiger partial charge in [0.15, 0.2) is 0 Å². The van der Waals surface area contributed by atoms with Crippen LogP contribution in [0.5, 0.6) is 0 Å². The summed E-state index contributed by atoms with van der Waals surface area (Å²) in [5.41, 5.74) is 6.49. The van der Waals surface area contributed by atoms with Gasteiger partial charge in [-0.25, -0.2) is 4.39 Å². The predicted octanol–water partition coefficient (Wildman–Crippen LogP) is 2.30. The van der Waals surface area contributed by atoms with E-state index in [4.69, 9.17) is 18.0 Å². The summed E-state index contributed by atoms with van der Waals surface area (Å²) >= 11 is 4.83. The normalized spacial score (nSPS) is 15.2. The first-order chi connectivity index (χ1) is 8.08. The van der Waals surface area contributed by atoms with Crippen LogP contribution in [0.2, 0.25) is 0 Å². The van der Waals surface area contributed by atoms with Gasteiger partial charge in [0.2, 0.25) is 0 Å². The van der Waals surface area contributed by atoms with E-state index in [0.717, 1.165) is 12.5 Å². The average molecular weight is 252 g/mol. The second-order valence-corrected chi connectivity index (χ2v) is 5.22. The molecular weight excluding hydrogens is 235 g/mol. The van der Waals surface area contributed by atoms with Crippen LogP contribution in [0.15, 0.2) is 18.2 Å². The fourth-order valence-electron chi connectivity index (χ4n) is 1.99. The molecular formula is C13H17FN2S. The monoisotopic (exact) mass is 252 g/mol. The molecule has 0 atom stereocenters. The van der Waals surface area contributed by atoms with Crippen molar-refractivity contribution >= 4 is 17.2 Å². The summed E-state index contributed by atoms with van der Waals surface area (Å²) in [4.78, 5) is 2.27. The molecule has 0 spiro atoms. The molecule has 92 valence electrons. The lowest BCUT2D eigenvalue weighted by molar-refractivity contribution is 0.308. The third-order valence-corrected chi connectivity index (χ3v) is 3.27. The van der Waals surface area contributed by atoms with Crippen molar-refractivity contribution in [3.63, 3.8) is 0 Å². The summed E-state index contributed by atoms with van der Waals surface area (Å²) in [5.74, 6) is 0.532. The zero-order valence-electron chi connectivity index (χ0n) is 9.95. The Kier molecular flexibility index (Phi) is 3.74. The molecule has 0 aromatic heterocycles. The molecule has 17 heavy (non-hydrogen) atoms. The smallest absolute Gasteiger partial charge is 0.137 e. The van der Waals surface area contributed by atoms with Crippen molar-refractivity contribution in [2.75, 3.05) is 13.6 Å². The SMILES string of the molecule is CN(Cc1cccc(C(N)=S)c1F)CC1CC1. The van der Waals surface area contributed by atoms with E-state index in [1.165, 1.54) is 12.8 Å². The largest absolute Gasteiger partial charge is 0.389 e. The molecule has 2 nitrogen and oxygen atoms in total. The third-order valence-electron chi connectivity index (χ3n) is 3.05. The van der Waals surface area contributed by atoms with Crippen LogP contribution >= 0.6 is 12.2 Å². The molecule has 2 rings (SSSR count). The number of nitrogens with two attached hydrogens (primary N) is 1. The van der Waals surface area contributed by atoms with Gasteiger partial charge in [0.1, 0.15) is 10.8 Å². The first-order valence-electron chi connectivity index (χ1n) is 5.83. The molecule has 1 aliphatic carbocycles. The molecule has 0 heterocycles. The number of nitrogens with zero attached hydrogens (tertiary/aromatic N) is 1. The van der Waals surface area contributed by atoms with Crippen molar-refractivity contribution in [1.82, 2.24) is 4.90 Å². The van der Waals surface area contributed by atoms with E-state index >= 15 is 0 Å². The Bertz CT molecular complexity index is 429. The summed E-state index contributed by atoms with van der Waals surface area (Å²) in [6.07, 6.45) is 2.61. The molecule has 0 saturated heterocycles. The van der Waals surface area contributed by atoms with E-state index in [0.29, 0.717) is 17.7 Å². The Morgan fingerprint density at radius 1 is 1.53 bits per heavy atom. The molecule has 1 saturated carbocycles. The first-order valence-corrected chi connectivity index (χ1v) is 6.24. The van der Waals surface area contributed by atoms with Crippen LogP contribution in [0, 0.1) is 11.7 Å². The standard InChI is InChI=1S/C13H17FN2S/c1-16(7-9-5-6-9)8-10-3-2-4-11(12(10)14)13(15)17/h2-4,9H,5-8H2,1H3,(H2,15,17). The van der Waals surface area contributed by atoms with Crippen molar-refractivity contribution in [3.8, 4) is 0 Å². The first kappa shape index (κ1) is 12.5. The van der Waals surface area contributed by atoms with Gasteiger partial charge < -0.3 is 10.6 Å². The van der Waals surface area contributed by atoms with Gasteiger partial charge in [0, 0.05) is 24.2 Å². The van der Waals surface area contributed by atoms with E-state index in [2.05, 4.69) is 4.90 Å². The lowest BCUT2D eigenvalue weighted by Gasteiger charge is -2.17. The van der Waals surface area contributed by atoms with Crippen LogP contribution in [0.3, 0.4) is 0 Å². The molecule has 0 unspecified atom stereocenters. The summed E-state index contributed by atoms with van der Waals surface area (Å²) in [6, 6.07) is 5.22. The van der Waals surface area contributed by atoms with Crippen molar-refractivity contribution in [2.24, 2.45) is 11.7 Å². The van der Waals surface area contributed by atoms with E-state index in [1.807, 2.05) is 7.05 Å². The van der Waals surface area contributed by atoms with Gasteiger partial charge in [0.25, 0.3) is 0 Å². The second-order valence-electron chi connectivity index (χ2n) is 4.78. The maximum absolute atomic E-state index is 14.0. The minimum absolute atomic E-state index is 0.120. The second kappa shape index (κ2) is 5.10. The Hall–Kier alpha value is -1.00. The van der Waals surface area contributed by atoms with Crippen molar-refractivity contribution in [1.29, 1.82) is 0 Å². The van der Waals surface area contributed by atoms with E-state index < -0.39 is 0 Å². The van der Waals surface area contributed by atoms with Gasteiger partial charge in [-0.3, -0.25) is 0 Å².